The lowest BCUT2D eigenvalue weighted by molar-refractivity contribution is 0.0698. The molecule has 5 nitrogen and oxygen atoms in total. The van der Waals surface area contributed by atoms with Crippen molar-refractivity contribution in [3.05, 3.63) is 23.8 Å². The van der Waals surface area contributed by atoms with Gasteiger partial charge in [0.05, 0.1) is 11.6 Å². The van der Waals surface area contributed by atoms with Crippen LogP contribution in [0.2, 0.25) is 0 Å². The number of carbonyl (C=O) groups is 1. The van der Waals surface area contributed by atoms with E-state index in [1.807, 2.05) is 0 Å². The third-order valence-corrected chi connectivity index (χ3v) is 4.91. The van der Waals surface area contributed by atoms with Gasteiger partial charge >= 0.3 is 5.97 Å². The Kier molecular flexibility index (Phi) is 2.14. The van der Waals surface area contributed by atoms with Crippen LogP contribution in [0.1, 0.15) is 44.1 Å². The summed E-state index contributed by atoms with van der Waals surface area (Å²) < 4.78 is 1.79. The highest BCUT2D eigenvalue weighted by molar-refractivity contribution is 6.00. The van der Waals surface area contributed by atoms with Crippen LogP contribution < -0.4 is 0 Å². The fraction of sp³-hybridized carbons (Fsp3) is 0.500. The summed E-state index contributed by atoms with van der Waals surface area (Å²) in [5.74, 6) is -0.939. The molecule has 1 aromatic carbocycles. The monoisotopic (exact) mass is 259 g/mol. The van der Waals surface area contributed by atoms with Crippen LogP contribution in [-0.2, 0) is 0 Å². The van der Waals surface area contributed by atoms with Crippen LogP contribution in [0.15, 0.2) is 18.2 Å². The van der Waals surface area contributed by atoms with Crippen LogP contribution in [0.4, 0.5) is 0 Å². The zero-order chi connectivity index (χ0) is 14.0. The second-order valence-corrected chi connectivity index (χ2v) is 6.36. The smallest absolute Gasteiger partial charge is 0.337 e. The third kappa shape index (κ3) is 1.38. The van der Waals surface area contributed by atoms with Crippen LogP contribution in [0.25, 0.3) is 11.0 Å². The van der Waals surface area contributed by atoms with E-state index in [4.69, 9.17) is 0 Å². The minimum atomic E-state index is -0.939. The van der Waals surface area contributed by atoms with Crippen LogP contribution in [0, 0.1) is 10.8 Å². The number of carboxylic acid groups (broad SMARTS) is 1. The molecule has 0 atom stereocenters. The summed E-state index contributed by atoms with van der Waals surface area (Å²) in [6, 6.07) is 5.28. The van der Waals surface area contributed by atoms with Crippen molar-refractivity contribution in [3.8, 4) is 0 Å². The van der Waals surface area contributed by atoms with Crippen LogP contribution in [0.3, 0.4) is 0 Å². The number of fused-ring (bicyclic) bond motifs is 1. The lowest BCUT2D eigenvalue weighted by Gasteiger charge is -2.06. The van der Waals surface area contributed by atoms with E-state index in [1.165, 1.54) is 0 Å². The van der Waals surface area contributed by atoms with E-state index >= 15 is 0 Å². The van der Waals surface area contributed by atoms with Gasteiger partial charge in [0.25, 0.3) is 0 Å². The van der Waals surface area contributed by atoms with Gasteiger partial charge in [0, 0.05) is 0 Å². The van der Waals surface area contributed by atoms with Crippen LogP contribution in [0.5, 0.6) is 0 Å². The summed E-state index contributed by atoms with van der Waals surface area (Å²) in [4.78, 5) is 11.4. The molecule has 0 saturated heterocycles. The summed E-state index contributed by atoms with van der Waals surface area (Å²) in [5, 5.41) is 17.6. The number of hydrogen-bond donors (Lipinski definition) is 1. The first-order valence-electron chi connectivity index (χ1n) is 6.35. The molecule has 1 aliphatic carbocycles. The van der Waals surface area contributed by atoms with Gasteiger partial charge in [-0.1, -0.05) is 39.0 Å². The van der Waals surface area contributed by atoms with Crippen molar-refractivity contribution in [2.24, 2.45) is 10.8 Å². The molecule has 0 radical (unpaired) electrons. The lowest BCUT2D eigenvalue weighted by atomic mass is 10.0. The van der Waals surface area contributed by atoms with Crippen molar-refractivity contribution in [2.75, 3.05) is 0 Å². The Labute approximate surface area is 111 Å². The molecule has 1 fully saturated rings. The fourth-order valence-corrected chi connectivity index (χ4v) is 3.12. The van der Waals surface area contributed by atoms with Gasteiger partial charge in [-0.05, 0) is 23.0 Å². The maximum absolute atomic E-state index is 11.4. The maximum Gasteiger partial charge on any atom is 0.337 e. The highest BCUT2D eigenvalue weighted by Crippen LogP contribution is 2.71. The van der Waals surface area contributed by atoms with Gasteiger partial charge in [0.1, 0.15) is 11.0 Å². The Morgan fingerprint density at radius 1 is 1.26 bits per heavy atom. The van der Waals surface area contributed by atoms with E-state index in [1.54, 1.807) is 22.9 Å². The molecule has 100 valence electrons. The molecular formula is C14H17N3O2. The van der Waals surface area contributed by atoms with E-state index in [0.29, 0.717) is 11.0 Å². The van der Waals surface area contributed by atoms with Crippen molar-refractivity contribution < 1.29 is 9.90 Å². The first-order valence-corrected chi connectivity index (χ1v) is 6.35. The van der Waals surface area contributed by atoms with E-state index in [-0.39, 0.29) is 22.4 Å². The van der Waals surface area contributed by atoms with E-state index in [2.05, 4.69) is 38.0 Å². The molecule has 1 heterocycles. The summed E-state index contributed by atoms with van der Waals surface area (Å²) in [5.41, 5.74) is 1.69. The van der Waals surface area contributed by atoms with E-state index < -0.39 is 5.97 Å². The lowest BCUT2D eigenvalue weighted by Crippen LogP contribution is -2.07. The Morgan fingerprint density at radius 2 is 1.89 bits per heavy atom. The molecule has 0 bridgehead atoms. The quantitative estimate of drug-likeness (QED) is 0.900. The van der Waals surface area contributed by atoms with Gasteiger partial charge < -0.3 is 5.11 Å². The highest BCUT2D eigenvalue weighted by Gasteiger charge is 2.67. The SMILES string of the molecule is CC1(C)C(n2nnc3cccc(C(=O)O)c32)C1(C)C. The minimum Gasteiger partial charge on any atom is -0.478 e. The van der Waals surface area contributed by atoms with Gasteiger partial charge in [-0.15, -0.1) is 5.10 Å². The molecule has 19 heavy (non-hydrogen) atoms. The molecule has 0 spiro atoms. The summed E-state index contributed by atoms with van der Waals surface area (Å²) >= 11 is 0. The van der Waals surface area contributed by atoms with Crippen LogP contribution >= 0.6 is 0 Å². The average Bonchev–Trinajstić information content (AvgIpc) is 2.65. The summed E-state index contributed by atoms with van der Waals surface area (Å²) in [6.45, 7) is 8.70. The van der Waals surface area contributed by atoms with Gasteiger partial charge in [-0.2, -0.15) is 0 Å². The number of carboxylic acids is 1. The fourth-order valence-electron chi connectivity index (χ4n) is 3.12. The molecule has 3 rings (SSSR count). The molecule has 0 aliphatic heterocycles. The Hall–Kier alpha value is -1.91. The van der Waals surface area contributed by atoms with E-state index in [0.717, 1.165) is 0 Å². The van der Waals surface area contributed by atoms with Gasteiger partial charge in [-0.25, -0.2) is 9.48 Å². The zero-order valence-corrected chi connectivity index (χ0v) is 11.5. The number of para-hydroxylation sites is 1. The first-order chi connectivity index (χ1) is 8.78. The number of aromatic nitrogens is 3. The van der Waals surface area contributed by atoms with Crippen molar-refractivity contribution in [1.82, 2.24) is 15.0 Å². The standard InChI is InChI=1S/C14H17N3O2/c1-13(2)12(14(13,3)4)17-10-8(11(18)19)6-5-7-9(10)15-16-17/h5-7,12H,1-4H3,(H,18,19). The normalized spacial score (nSPS) is 20.6. The summed E-state index contributed by atoms with van der Waals surface area (Å²) in [7, 11) is 0. The molecule has 1 aliphatic rings. The van der Waals surface area contributed by atoms with Gasteiger partial charge in [0.2, 0.25) is 0 Å². The third-order valence-electron chi connectivity index (χ3n) is 4.91. The topological polar surface area (TPSA) is 68.0 Å². The predicted molar refractivity (Wildman–Crippen MR) is 71.1 cm³/mol. The highest BCUT2D eigenvalue weighted by atomic mass is 16.4. The number of hydrogen-bond acceptors (Lipinski definition) is 3. The Balaban J connectivity index is 2.25. The molecular weight excluding hydrogens is 242 g/mol. The van der Waals surface area contributed by atoms with Gasteiger partial charge in [-0.3, -0.25) is 0 Å². The summed E-state index contributed by atoms with van der Waals surface area (Å²) in [6.07, 6.45) is 0. The Morgan fingerprint density at radius 3 is 2.42 bits per heavy atom. The maximum atomic E-state index is 11.4. The Bertz CT molecular complexity index is 671. The van der Waals surface area contributed by atoms with Gasteiger partial charge in [0.15, 0.2) is 0 Å². The zero-order valence-electron chi connectivity index (χ0n) is 11.5. The van der Waals surface area contributed by atoms with Crippen molar-refractivity contribution in [1.29, 1.82) is 0 Å². The molecule has 5 heteroatoms. The molecule has 2 aromatic rings. The van der Waals surface area contributed by atoms with Crippen molar-refractivity contribution in [2.45, 2.75) is 33.7 Å². The van der Waals surface area contributed by atoms with Crippen molar-refractivity contribution >= 4 is 17.0 Å². The molecule has 1 N–H and O–H groups in total. The van der Waals surface area contributed by atoms with Crippen LogP contribution in [-0.4, -0.2) is 26.1 Å². The largest absolute Gasteiger partial charge is 0.478 e. The average molecular weight is 259 g/mol. The molecule has 1 saturated carbocycles. The molecule has 1 aromatic heterocycles. The molecule has 0 unspecified atom stereocenters. The second-order valence-electron chi connectivity index (χ2n) is 6.36. The number of benzene rings is 1. The van der Waals surface area contributed by atoms with E-state index in [9.17, 15) is 9.90 Å². The van der Waals surface area contributed by atoms with Crippen molar-refractivity contribution in [3.63, 3.8) is 0 Å². The number of rotatable bonds is 2. The molecule has 0 amide bonds. The number of nitrogens with zero attached hydrogens (tertiary/aromatic N) is 3. The second kappa shape index (κ2) is 3.35. The number of aromatic carboxylic acids is 1. The minimum absolute atomic E-state index is 0.0826. The first kappa shape index (κ1) is 12.1. The predicted octanol–water partition coefficient (Wildman–Crippen LogP) is 2.74.